The van der Waals surface area contributed by atoms with Crippen molar-refractivity contribution < 1.29 is 4.74 Å². The van der Waals surface area contributed by atoms with Gasteiger partial charge in [-0.2, -0.15) is 0 Å². The lowest BCUT2D eigenvalue weighted by molar-refractivity contribution is 0.484. The molecule has 0 bridgehead atoms. The zero-order valence-corrected chi connectivity index (χ0v) is 8.89. The van der Waals surface area contributed by atoms with Crippen molar-refractivity contribution in [1.82, 2.24) is 0 Å². The van der Waals surface area contributed by atoms with Crippen LogP contribution in [0.5, 0.6) is 5.75 Å². The fourth-order valence-electron chi connectivity index (χ4n) is 1.53. The maximum atomic E-state index is 5.44. The average Bonchev–Trinajstić information content (AvgIpc) is 2.38. The Balaban J connectivity index is 2.44. The summed E-state index contributed by atoms with van der Waals surface area (Å²) in [6.07, 6.45) is 1.46. The van der Waals surface area contributed by atoms with Gasteiger partial charge in [0.05, 0.1) is 0 Å². The summed E-state index contributed by atoms with van der Waals surface area (Å²) in [4.78, 5) is 0. The van der Waals surface area contributed by atoms with Crippen molar-refractivity contribution in [2.45, 2.75) is 0 Å². The zero-order valence-electron chi connectivity index (χ0n) is 8.89. The fourth-order valence-corrected chi connectivity index (χ4v) is 1.53. The molecule has 0 aromatic heterocycles. The van der Waals surface area contributed by atoms with Gasteiger partial charge in [0.2, 0.25) is 0 Å². The first-order valence-corrected chi connectivity index (χ1v) is 5.07. The topological polar surface area (TPSA) is 9.23 Å². The lowest BCUT2D eigenvalue weighted by Gasteiger charge is -2.07. The Bertz CT molecular complexity index is 508. The van der Waals surface area contributed by atoms with Crippen molar-refractivity contribution in [2.75, 3.05) is 0 Å². The average molecular weight is 208 g/mol. The van der Waals surface area contributed by atoms with Crippen LogP contribution in [0.25, 0.3) is 11.1 Å². The SMILES string of the molecule is C=C=COc1ccccc1-c1ccccc1. The Morgan fingerprint density at radius 1 is 0.938 bits per heavy atom. The van der Waals surface area contributed by atoms with Gasteiger partial charge in [-0.05, 0) is 11.6 Å². The van der Waals surface area contributed by atoms with E-state index in [0.29, 0.717) is 0 Å². The van der Waals surface area contributed by atoms with Crippen molar-refractivity contribution >= 4 is 0 Å². The van der Waals surface area contributed by atoms with Crippen LogP contribution in [0.4, 0.5) is 0 Å². The van der Waals surface area contributed by atoms with Crippen LogP contribution in [-0.4, -0.2) is 0 Å². The summed E-state index contributed by atoms with van der Waals surface area (Å²) < 4.78 is 5.44. The lowest BCUT2D eigenvalue weighted by atomic mass is 10.1. The predicted molar refractivity (Wildman–Crippen MR) is 66.2 cm³/mol. The number of ether oxygens (including phenoxy) is 1. The zero-order chi connectivity index (χ0) is 11.2. The van der Waals surface area contributed by atoms with Crippen LogP contribution in [0.2, 0.25) is 0 Å². The van der Waals surface area contributed by atoms with E-state index in [1.165, 1.54) is 6.26 Å². The Morgan fingerprint density at radius 3 is 2.38 bits per heavy atom. The summed E-state index contributed by atoms with van der Waals surface area (Å²) in [6, 6.07) is 18.0. The molecule has 1 nitrogen and oxygen atoms in total. The molecule has 0 saturated carbocycles. The van der Waals surface area contributed by atoms with Crippen LogP contribution >= 0.6 is 0 Å². The van der Waals surface area contributed by atoms with Crippen LogP contribution in [0.15, 0.2) is 73.2 Å². The van der Waals surface area contributed by atoms with Crippen molar-refractivity contribution in [2.24, 2.45) is 0 Å². The van der Waals surface area contributed by atoms with Crippen LogP contribution in [0, 0.1) is 0 Å². The van der Waals surface area contributed by atoms with Gasteiger partial charge < -0.3 is 4.74 Å². The number of benzene rings is 2. The molecular formula is C15H12O. The molecule has 0 aliphatic heterocycles. The van der Waals surface area contributed by atoms with Gasteiger partial charge in [-0.1, -0.05) is 60.8 Å². The highest BCUT2D eigenvalue weighted by molar-refractivity contribution is 5.70. The molecule has 78 valence electrons. The minimum Gasteiger partial charge on any atom is -0.456 e. The molecule has 0 unspecified atom stereocenters. The van der Waals surface area contributed by atoms with Crippen LogP contribution in [0.1, 0.15) is 0 Å². The summed E-state index contributed by atoms with van der Waals surface area (Å²) in [6.45, 7) is 3.47. The Hall–Kier alpha value is -2.24. The molecular weight excluding hydrogens is 196 g/mol. The molecule has 0 atom stereocenters. The second-order valence-corrected chi connectivity index (χ2v) is 3.30. The Morgan fingerprint density at radius 2 is 1.62 bits per heavy atom. The molecule has 0 N–H and O–H groups in total. The Kier molecular flexibility index (Phi) is 3.22. The predicted octanol–water partition coefficient (Wildman–Crippen LogP) is 4.03. The van der Waals surface area contributed by atoms with Gasteiger partial charge in [-0.15, -0.1) is 0 Å². The quantitative estimate of drug-likeness (QED) is 0.546. The summed E-state index contributed by atoms with van der Waals surface area (Å²) in [5.41, 5.74) is 4.80. The van der Waals surface area contributed by atoms with Gasteiger partial charge in [0.1, 0.15) is 12.0 Å². The van der Waals surface area contributed by atoms with Gasteiger partial charge in [0.15, 0.2) is 0 Å². The third-order valence-corrected chi connectivity index (χ3v) is 2.24. The fraction of sp³-hybridized carbons (Fsp3) is 0. The van der Waals surface area contributed by atoms with Gasteiger partial charge in [0.25, 0.3) is 0 Å². The maximum Gasteiger partial charge on any atom is 0.135 e. The second-order valence-electron chi connectivity index (χ2n) is 3.30. The van der Waals surface area contributed by atoms with Crippen LogP contribution in [-0.2, 0) is 0 Å². The number of hydrogen-bond donors (Lipinski definition) is 0. The second kappa shape index (κ2) is 5.01. The molecule has 0 amide bonds. The highest BCUT2D eigenvalue weighted by Crippen LogP contribution is 2.29. The van der Waals surface area contributed by atoms with Crippen molar-refractivity contribution in [1.29, 1.82) is 0 Å². The molecule has 0 radical (unpaired) electrons. The third kappa shape index (κ3) is 2.22. The molecule has 0 aliphatic carbocycles. The molecule has 0 heterocycles. The summed E-state index contributed by atoms with van der Waals surface area (Å²) in [7, 11) is 0. The van der Waals surface area contributed by atoms with E-state index in [1.807, 2.05) is 42.5 Å². The highest BCUT2D eigenvalue weighted by atomic mass is 16.5. The largest absolute Gasteiger partial charge is 0.456 e. The standard InChI is InChI=1S/C15H12O/c1-2-12-16-15-11-7-6-10-14(15)13-8-4-3-5-9-13/h3-12H,1H2. The Labute approximate surface area is 95.3 Å². The van der Waals surface area contributed by atoms with E-state index in [0.717, 1.165) is 16.9 Å². The van der Waals surface area contributed by atoms with E-state index in [1.54, 1.807) is 0 Å². The van der Waals surface area contributed by atoms with Crippen molar-refractivity contribution in [3.8, 4) is 16.9 Å². The molecule has 0 saturated heterocycles. The minimum absolute atomic E-state index is 0.810. The van der Waals surface area contributed by atoms with E-state index in [4.69, 9.17) is 4.74 Å². The first kappa shape index (κ1) is 10.3. The van der Waals surface area contributed by atoms with Gasteiger partial charge in [-0.25, -0.2) is 0 Å². The lowest BCUT2D eigenvalue weighted by Crippen LogP contribution is -1.85. The number of hydrogen-bond acceptors (Lipinski definition) is 1. The van der Waals surface area contributed by atoms with E-state index in [-0.39, 0.29) is 0 Å². The van der Waals surface area contributed by atoms with Gasteiger partial charge >= 0.3 is 0 Å². The molecule has 2 rings (SSSR count). The molecule has 0 spiro atoms. The first-order valence-electron chi connectivity index (χ1n) is 5.07. The molecule has 1 heteroatoms. The molecule has 2 aromatic carbocycles. The number of para-hydroxylation sites is 1. The third-order valence-electron chi connectivity index (χ3n) is 2.24. The maximum absolute atomic E-state index is 5.44. The number of rotatable bonds is 3. The molecule has 2 aromatic rings. The van der Waals surface area contributed by atoms with Gasteiger partial charge in [0, 0.05) is 5.56 Å². The monoisotopic (exact) mass is 208 g/mol. The summed E-state index contributed by atoms with van der Waals surface area (Å²) in [5, 5.41) is 0. The van der Waals surface area contributed by atoms with E-state index in [9.17, 15) is 0 Å². The first-order chi connectivity index (χ1) is 7.92. The summed E-state index contributed by atoms with van der Waals surface area (Å²) in [5.74, 6) is 0.810. The summed E-state index contributed by atoms with van der Waals surface area (Å²) >= 11 is 0. The molecule has 0 fully saturated rings. The van der Waals surface area contributed by atoms with Crippen molar-refractivity contribution in [3.63, 3.8) is 0 Å². The smallest absolute Gasteiger partial charge is 0.135 e. The van der Waals surface area contributed by atoms with Gasteiger partial charge in [-0.3, -0.25) is 0 Å². The van der Waals surface area contributed by atoms with Crippen molar-refractivity contribution in [3.05, 3.63) is 73.2 Å². The van der Waals surface area contributed by atoms with E-state index < -0.39 is 0 Å². The highest BCUT2D eigenvalue weighted by Gasteiger charge is 2.03. The van der Waals surface area contributed by atoms with E-state index in [2.05, 4.69) is 24.4 Å². The normalized spacial score (nSPS) is 9.25. The van der Waals surface area contributed by atoms with E-state index >= 15 is 0 Å². The molecule has 0 aliphatic rings. The minimum atomic E-state index is 0.810. The molecule has 16 heavy (non-hydrogen) atoms. The van der Waals surface area contributed by atoms with Crippen LogP contribution in [0.3, 0.4) is 0 Å². The van der Waals surface area contributed by atoms with Crippen LogP contribution < -0.4 is 4.74 Å².